The summed E-state index contributed by atoms with van der Waals surface area (Å²) < 4.78 is 45.9. The van der Waals surface area contributed by atoms with Crippen molar-refractivity contribution in [3.8, 4) is 16.3 Å². The fraction of sp³-hybridized carbons (Fsp3) is 0.250. The minimum Gasteiger partial charge on any atom is -0.494 e. The van der Waals surface area contributed by atoms with E-state index in [-0.39, 0.29) is 17.3 Å². The Balaban J connectivity index is 1.63. The van der Waals surface area contributed by atoms with Crippen LogP contribution in [0.4, 0.5) is 4.39 Å². The minimum absolute atomic E-state index is 0.198. The van der Waals surface area contributed by atoms with Crippen LogP contribution in [0.2, 0.25) is 0 Å². The Bertz CT molecular complexity index is 1030. The smallest absolute Gasteiger partial charge is 0.240 e. The molecule has 0 fully saturated rings. The summed E-state index contributed by atoms with van der Waals surface area (Å²) in [5.74, 6) is 0.344. The number of benzene rings is 2. The van der Waals surface area contributed by atoms with Gasteiger partial charge in [0.15, 0.2) is 0 Å². The van der Waals surface area contributed by atoms with Crippen LogP contribution in [0.3, 0.4) is 0 Å². The number of aryl methyl sites for hydroxylation is 1. The highest BCUT2D eigenvalue weighted by atomic mass is 32.2. The molecule has 3 aromatic rings. The van der Waals surface area contributed by atoms with Gasteiger partial charge < -0.3 is 4.74 Å². The van der Waals surface area contributed by atoms with E-state index in [2.05, 4.69) is 9.71 Å². The van der Waals surface area contributed by atoms with E-state index >= 15 is 0 Å². The lowest BCUT2D eigenvalue weighted by Gasteiger charge is -2.08. The van der Waals surface area contributed by atoms with E-state index in [1.54, 1.807) is 24.3 Å². The van der Waals surface area contributed by atoms with Gasteiger partial charge in [0.2, 0.25) is 10.0 Å². The van der Waals surface area contributed by atoms with Gasteiger partial charge in [0.1, 0.15) is 16.6 Å². The number of sulfonamides is 1. The number of hydrogen-bond donors (Lipinski definition) is 1. The molecule has 5 nitrogen and oxygen atoms in total. The molecule has 2 aromatic carbocycles. The second-order valence-electron chi connectivity index (χ2n) is 6.09. The molecule has 0 amide bonds. The SMILES string of the molecule is CCOc1ccc(S(=O)(=O)NCCc2sc(-c3ccc(F)cc3)nc2C)cc1. The Kier molecular flexibility index (Phi) is 6.43. The van der Waals surface area contributed by atoms with E-state index in [1.807, 2.05) is 13.8 Å². The van der Waals surface area contributed by atoms with E-state index in [1.165, 1.54) is 35.6 Å². The Morgan fingerprint density at radius 3 is 2.43 bits per heavy atom. The van der Waals surface area contributed by atoms with Crippen molar-refractivity contribution in [1.29, 1.82) is 0 Å². The monoisotopic (exact) mass is 420 g/mol. The predicted molar refractivity (Wildman–Crippen MR) is 109 cm³/mol. The summed E-state index contributed by atoms with van der Waals surface area (Å²) in [5.41, 5.74) is 1.69. The van der Waals surface area contributed by atoms with E-state index < -0.39 is 10.0 Å². The standard InChI is InChI=1S/C20H21FN2O3S2/c1-3-26-17-8-10-18(11-9-17)28(24,25)22-13-12-19-14(2)23-20(27-19)15-4-6-16(21)7-5-15/h4-11,22H,3,12-13H2,1-2H3. The molecule has 0 saturated heterocycles. The van der Waals surface area contributed by atoms with Gasteiger partial charge in [-0.25, -0.2) is 22.5 Å². The van der Waals surface area contributed by atoms with Crippen molar-refractivity contribution in [3.63, 3.8) is 0 Å². The van der Waals surface area contributed by atoms with Gasteiger partial charge in [0.05, 0.1) is 17.2 Å². The van der Waals surface area contributed by atoms with Gasteiger partial charge in [0.25, 0.3) is 0 Å². The highest BCUT2D eigenvalue weighted by molar-refractivity contribution is 7.89. The number of ether oxygens (including phenoxy) is 1. The summed E-state index contributed by atoms with van der Waals surface area (Å²) in [7, 11) is -3.59. The molecule has 0 aliphatic rings. The van der Waals surface area contributed by atoms with Crippen molar-refractivity contribution < 1.29 is 17.5 Å². The minimum atomic E-state index is -3.59. The Morgan fingerprint density at radius 2 is 1.79 bits per heavy atom. The molecule has 8 heteroatoms. The van der Waals surface area contributed by atoms with Gasteiger partial charge in [-0.05, 0) is 68.8 Å². The van der Waals surface area contributed by atoms with Crippen molar-refractivity contribution in [1.82, 2.24) is 9.71 Å². The van der Waals surface area contributed by atoms with Crippen LogP contribution in [0, 0.1) is 12.7 Å². The molecule has 0 unspecified atom stereocenters. The molecule has 0 radical (unpaired) electrons. The second-order valence-corrected chi connectivity index (χ2v) is 8.94. The molecule has 0 bridgehead atoms. The first kappa shape index (κ1) is 20.4. The van der Waals surface area contributed by atoms with Crippen molar-refractivity contribution in [3.05, 3.63) is 64.9 Å². The number of hydrogen-bond acceptors (Lipinski definition) is 5. The molecule has 1 N–H and O–H groups in total. The summed E-state index contributed by atoms with van der Waals surface area (Å²) in [6.45, 7) is 4.55. The van der Waals surface area contributed by atoms with Crippen LogP contribution in [0.5, 0.6) is 5.75 Å². The van der Waals surface area contributed by atoms with Gasteiger partial charge in [-0.1, -0.05) is 0 Å². The molecular formula is C20H21FN2O3S2. The van der Waals surface area contributed by atoms with Crippen LogP contribution < -0.4 is 9.46 Å². The fourth-order valence-corrected chi connectivity index (χ4v) is 4.74. The third-order valence-electron chi connectivity index (χ3n) is 4.07. The number of thiazole rings is 1. The van der Waals surface area contributed by atoms with Crippen LogP contribution in [0.1, 0.15) is 17.5 Å². The Morgan fingerprint density at radius 1 is 1.11 bits per heavy atom. The maximum absolute atomic E-state index is 13.1. The zero-order valence-corrected chi connectivity index (χ0v) is 17.2. The molecule has 0 saturated carbocycles. The maximum Gasteiger partial charge on any atom is 0.240 e. The highest BCUT2D eigenvalue weighted by Crippen LogP contribution is 2.28. The lowest BCUT2D eigenvalue weighted by Crippen LogP contribution is -2.25. The maximum atomic E-state index is 13.1. The van der Waals surface area contributed by atoms with Crippen LogP contribution >= 0.6 is 11.3 Å². The van der Waals surface area contributed by atoms with Crippen molar-refractivity contribution >= 4 is 21.4 Å². The average Bonchev–Trinajstić information content (AvgIpc) is 3.04. The largest absolute Gasteiger partial charge is 0.494 e. The fourth-order valence-electron chi connectivity index (χ4n) is 2.64. The van der Waals surface area contributed by atoms with E-state index in [0.29, 0.717) is 18.8 Å². The van der Waals surface area contributed by atoms with Crippen molar-refractivity contribution in [2.45, 2.75) is 25.2 Å². The Labute approximate surface area is 168 Å². The van der Waals surface area contributed by atoms with E-state index in [4.69, 9.17) is 4.74 Å². The van der Waals surface area contributed by atoms with Crippen LogP contribution in [-0.2, 0) is 16.4 Å². The van der Waals surface area contributed by atoms with Gasteiger partial charge in [-0.3, -0.25) is 0 Å². The summed E-state index contributed by atoms with van der Waals surface area (Å²) in [4.78, 5) is 5.71. The molecule has 1 heterocycles. The van der Waals surface area contributed by atoms with Crippen molar-refractivity contribution in [2.24, 2.45) is 0 Å². The number of nitrogens with one attached hydrogen (secondary N) is 1. The zero-order valence-electron chi connectivity index (χ0n) is 15.6. The van der Waals surface area contributed by atoms with Gasteiger partial charge in [-0.15, -0.1) is 11.3 Å². The van der Waals surface area contributed by atoms with E-state index in [0.717, 1.165) is 21.1 Å². The summed E-state index contributed by atoms with van der Waals surface area (Å²) in [6, 6.07) is 12.5. The molecule has 0 aliphatic heterocycles. The van der Waals surface area contributed by atoms with Crippen LogP contribution in [0.15, 0.2) is 53.4 Å². The number of halogens is 1. The average molecular weight is 421 g/mol. The third-order valence-corrected chi connectivity index (χ3v) is 6.82. The molecule has 0 atom stereocenters. The molecule has 0 aliphatic carbocycles. The topological polar surface area (TPSA) is 68.3 Å². The zero-order chi connectivity index (χ0) is 20.1. The number of rotatable bonds is 8. The quantitative estimate of drug-likeness (QED) is 0.594. The summed E-state index contributed by atoms with van der Waals surface area (Å²) in [6.07, 6.45) is 0.529. The van der Waals surface area contributed by atoms with E-state index in [9.17, 15) is 12.8 Å². The van der Waals surface area contributed by atoms with Gasteiger partial charge >= 0.3 is 0 Å². The lowest BCUT2D eigenvalue weighted by atomic mass is 10.2. The molecule has 1 aromatic heterocycles. The molecule has 0 spiro atoms. The lowest BCUT2D eigenvalue weighted by molar-refractivity contribution is 0.340. The number of nitrogens with zero attached hydrogens (tertiary/aromatic N) is 1. The first-order valence-corrected chi connectivity index (χ1v) is 11.1. The van der Waals surface area contributed by atoms with Crippen LogP contribution in [0.25, 0.3) is 10.6 Å². The first-order chi connectivity index (χ1) is 13.4. The summed E-state index contributed by atoms with van der Waals surface area (Å²) >= 11 is 1.49. The highest BCUT2D eigenvalue weighted by Gasteiger charge is 2.15. The second kappa shape index (κ2) is 8.81. The van der Waals surface area contributed by atoms with Crippen molar-refractivity contribution in [2.75, 3.05) is 13.2 Å². The summed E-state index contributed by atoms with van der Waals surface area (Å²) in [5, 5.41) is 0.793. The van der Waals surface area contributed by atoms with Gasteiger partial charge in [-0.2, -0.15) is 0 Å². The molecule has 148 valence electrons. The number of aromatic nitrogens is 1. The molecule has 28 heavy (non-hydrogen) atoms. The van der Waals surface area contributed by atoms with Gasteiger partial charge in [0, 0.05) is 17.0 Å². The van der Waals surface area contributed by atoms with Crippen LogP contribution in [-0.4, -0.2) is 26.6 Å². The third kappa shape index (κ3) is 4.95. The normalized spacial score (nSPS) is 11.5. The first-order valence-electron chi connectivity index (χ1n) is 8.84. The molecule has 3 rings (SSSR count). The predicted octanol–water partition coefficient (Wildman–Crippen LogP) is 4.18. The Hall–Kier alpha value is -2.29. The molecular weight excluding hydrogens is 399 g/mol.